The van der Waals surface area contributed by atoms with Gasteiger partial charge in [-0.3, -0.25) is 24.2 Å². The molecule has 4 unspecified atom stereocenters. The van der Waals surface area contributed by atoms with Crippen LogP contribution in [0.5, 0.6) is 0 Å². The SMILES string of the molecule is CSCCC(N)C(=O)NC(Cc1cnc[nH]1)C(=O)NC(CCCN=C(N)N)C(=O)NC(CCC(=O)O)C(=O)O. The van der Waals surface area contributed by atoms with Crippen LogP contribution in [0.1, 0.15) is 37.8 Å². The number of hydrogen-bond acceptors (Lipinski definition) is 9. The number of nitrogens with zero attached hydrogens (tertiary/aromatic N) is 2. The monoisotopic (exact) mass is 571 g/mol. The van der Waals surface area contributed by atoms with E-state index in [1.54, 1.807) is 0 Å². The third kappa shape index (κ3) is 13.5. The van der Waals surface area contributed by atoms with Crippen LogP contribution in [0.15, 0.2) is 17.5 Å². The second-order valence-corrected chi connectivity index (χ2v) is 9.56. The lowest BCUT2D eigenvalue weighted by atomic mass is 10.1. The van der Waals surface area contributed by atoms with Crippen molar-refractivity contribution in [1.82, 2.24) is 25.9 Å². The summed E-state index contributed by atoms with van der Waals surface area (Å²) < 4.78 is 0. The number of amides is 3. The van der Waals surface area contributed by atoms with Crippen LogP contribution in [0.25, 0.3) is 0 Å². The van der Waals surface area contributed by atoms with Crippen LogP contribution in [0.2, 0.25) is 0 Å². The van der Waals surface area contributed by atoms with E-state index in [2.05, 4.69) is 30.9 Å². The van der Waals surface area contributed by atoms with Gasteiger partial charge >= 0.3 is 11.9 Å². The lowest BCUT2D eigenvalue weighted by molar-refractivity contribution is -0.143. The summed E-state index contributed by atoms with van der Waals surface area (Å²) in [5, 5.41) is 25.7. The van der Waals surface area contributed by atoms with E-state index in [4.69, 9.17) is 22.3 Å². The summed E-state index contributed by atoms with van der Waals surface area (Å²) in [6.07, 6.45) is 4.52. The molecule has 3 amide bonds. The highest BCUT2D eigenvalue weighted by Crippen LogP contribution is 2.07. The summed E-state index contributed by atoms with van der Waals surface area (Å²) in [6, 6.07) is -4.75. The third-order valence-corrected chi connectivity index (χ3v) is 6.07. The Kier molecular flexibility index (Phi) is 15.0. The van der Waals surface area contributed by atoms with Gasteiger partial charge in [-0.25, -0.2) is 9.78 Å². The Morgan fingerprint density at radius 1 is 1.00 bits per heavy atom. The minimum atomic E-state index is -1.50. The van der Waals surface area contributed by atoms with Gasteiger partial charge in [-0.05, 0) is 37.7 Å². The highest BCUT2D eigenvalue weighted by molar-refractivity contribution is 7.98. The molecule has 39 heavy (non-hydrogen) atoms. The highest BCUT2D eigenvalue weighted by Gasteiger charge is 2.30. The van der Waals surface area contributed by atoms with Crippen LogP contribution in [-0.4, -0.2) is 98.5 Å². The van der Waals surface area contributed by atoms with E-state index in [1.165, 1.54) is 24.3 Å². The van der Waals surface area contributed by atoms with Gasteiger partial charge < -0.3 is 48.3 Å². The van der Waals surface area contributed by atoms with Crippen LogP contribution < -0.4 is 33.2 Å². The fourth-order valence-electron chi connectivity index (χ4n) is 3.32. The predicted octanol–water partition coefficient (Wildman–Crippen LogP) is -2.51. The highest BCUT2D eigenvalue weighted by atomic mass is 32.2. The van der Waals surface area contributed by atoms with E-state index < -0.39 is 60.2 Å². The molecule has 17 heteroatoms. The molecule has 1 heterocycles. The van der Waals surface area contributed by atoms with Crippen molar-refractivity contribution in [2.45, 2.75) is 62.7 Å². The Morgan fingerprint density at radius 2 is 1.64 bits per heavy atom. The number of aliphatic carboxylic acids is 2. The number of aromatic nitrogens is 2. The average molecular weight is 572 g/mol. The first-order valence-corrected chi connectivity index (χ1v) is 13.5. The zero-order valence-corrected chi connectivity index (χ0v) is 22.4. The molecule has 0 spiro atoms. The molecule has 12 N–H and O–H groups in total. The summed E-state index contributed by atoms with van der Waals surface area (Å²) in [5.74, 6) is -4.33. The van der Waals surface area contributed by atoms with Gasteiger partial charge in [-0.15, -0.1) is 0 Å². The molecule has 0 aliphatic rings. The van der Waals surface area contributed by atoms with Crippen molar-refractivity contribution in [2.75, 3.05) is 18.6 Å². The molecule has 0 radical (unpaired) electrons. The van der Waals surface area contributed by atoms with Crippen LogP contribution in [-0.2, 0) is 30.4 Å². The van der Waals surface area contributed by atoms with E-state index in [-0.39, 0.29) is 38.2 Å². The molecule has 0 aromatic carbocycles. The maximum Gasteiger partial charge on any atom is 0.326 e. The van der Waals surface area contributed by atoms with Crippen molar-refractivity contribution in [3.05, 3.63) is 18.2 Å². The smallest absolute Gasteiger partial charge is 0.326 e. The topological polar surface area (TPSA) is 281 Å². The van der Waals surface area contributed by atoms with Gasteiger partial charge in [-0.1, -0.05) is 0 Å². The number of thioether (sulfide) groups is 1. The number of carbonyl (C=O) groups excluding carboxylic acids is 3. The number of hydrogen-bond donors (Lipinski definition) is 9. The van der Waals surface area contributed by atoms with Gasteiger partial charge in [-0.2, -0.15) is 11.8 Å². The summed E-state index contributed by atoms with van der Waals surface area (Å²) in [6.45, 7) is 0.127. The number of imidazole rings is 1. The molecular formula is C22H37N9O7S. The maximum absolute atomic E-state index is 13.3. The number of H-pyrrole nitrogens is 1. The van der Waals surface area contributed by atoms with Gasteiger partial charge in [0.15, 0.2) is 5.96 Å². The Morgan fingerprint density at radius 3 is 2.21 bits per heavy atom. The van der Waals surface area contributed by atoms with Crippen LogP contribution >= 0.6 is 11.8 Å². The molecule has 0 bridgehead atoms. The molecule has 218 valence electrons. The first kappa shape index (κ1) is 33.2. The largest absolute Gasteiger partial charge is 0.481 e. The standard InChI is InChI=1S/C22H37N9O7S/c1-39-8-6-13(23)18(34)31-16(9-12-10-26-11-28-12)20(36)29-14(3-2-7-27-22(24)25)19(35)30-15(21(37)38)4-5-17(32)33/h10-11,13-16H,2-9,23H2,1H3,(H,26,28)(H,29,36)(H,30,35)(H,31,34)(H,32,33)(H,37,38)(H4,24,25,27). The first-order chi connectivity index (χ1) is 18.4. The minimum absolute atomic E-state index is 0.00548. The van der Waals surface area contributed by atoms with E-state index >= 15 is 0 Å². The lowest BCUT2D eigenvalue weighted by Crippen LogP contribution is -2.57. The molecule has 4 atom stereocenters. The summed E-state index contributed by atoms with van der Waals surface area (Å²) in [7, 11) is 0. The number of nitrogens with two attached hydrogens (primary N) is 3. The Bertz CT molecular complexity index is 987. The molecule has 0 saturated heterocycles. The van der Waals surface area contributed by atoms with Crippen molar-refractivity contribution in [2.24, 2.45) is 22.2 Å². The number of nitrogens with one attached hydrogen (secondary N) is 4. The van der Waals surface area contributed by atoms with Gasteiger partial charge in [0.1, 0.15) is 18.1 Å². The van der Waals surface area contributed by atoms with Crippen molar-refractivity contribution in [3.63, 3.8) is 0 Å². The predicted molar refractivity (Wildman–Crippen MR) is 143 cm³/mol. The Hall–Kier alpha value is -3.86. The fraction of sp³-hybridized carbons (Fsp3) is 0.591. The number of aliphatic imine (C=N–C) groups is 1. The Labute approximate surface area is 229 Å². The van der Waals surface area contributed by atoms with Crippen molar-refractivity contribution < 1.29 is 34.2 Å². The number of rotatable bonds is 19. The summed E-state index contributed by atoms with van der Waals surface area (Å²) >= 11 is 1.51. The van der Waals surface area contributed by atoms with Crippen LogP contribution in [0.4, 0.5) is 0 Å². The second-order valence-electron chi connectivity index (χ2n) is 8.57. The van der Waals surface area contributed by atoms with Crippen LogP contribution in [0, 0.1) is 0 Å². The van der Waals surface area contributed by atoms with Gasteiger partial charge in [0.05, 0.1) is 12.4 Å². The first-order valence-electron chi connectivity index (χ1n) is 12.1. The second kappa shape index (κ2) is 17.6. The third-order valence-electron chi connectivity index (χ3n) is 5.42. The molecule has 1 aromatic heterocycles. The molecular weight excluding hydrogens is 534 g/mol. The zero-order valence-electron chi connectivity index (χ0n) is 21.6. The summed E-state index contributed by atoms with van der Waals surface area (Å²) in [5.41, 5.74) is 17.1. The number of carboxylic acid groups (broad SMARTS) is 2. The summed E-state index contributed by atoms with van der Waals surface area (Å²) in [4.78, 5) is 71.9. The normalized spacial score (nSPS) is 13.8. The number of guanidine groups is 1. The van der Waals surface area contributed by atoms with Gasteiger partial charge in [0.25, 0.3) is 0 Å². The fourth-order valence-corrected chi connectivity index (χ4v) is 3.81. The lowest BCUT2D eigenvalue weighted by Gasteiger charge is -2.25. The van der Waals surface area contributed by atoms with Crippen LogP contribution in [0.3, 0.4) is 0 Å². The van der Waals surface area contributed by atoms with E-state index in [0.29, 0.717) is 17.9 Å². The quantitative estimate of drug-likeness (QED) is 0.0473. The molecule has 0 aliphatic heterocycles. The molecule has 0 saturated carbocycles. The average Bonchev–Trinajstić information content (AvgIpc) is 3.38. The Balaban J connectivity index is 3.08. The van der Waals surface area contributed by atoms with Gasteiger partial charge in [0, 0.05) is 31.3 Å². The number of carboxylic acids is 2. The minimum Gasteiger partial charge on any atom is -0.481 e. The zero-order chi connectivity index (χ0) is 29.4. The van der Waals surface area contributed by atoms with E-state index in [9.17, 15) is 29.1 Å². The maximum atomic E-state index is 13.3. The van der Waals surface area contributed by atoms with Gasteiger partial charge in [0.2, 0.25) is 17.7 Å². The molecule has 1 aromatic rings. The molecule has 1 rings (SSSR count). The number of carbonyl (C=O) groups is 5. The molecule has 0 fully saturated rings. The van der Waals surface area contributed by atoms with E-state index in [0.717, 1.165) is 0 Å². The van der Waals surface area contributed by atoms with Crippen molar-refractivity contribution in [1.29, 1.82) is 0 Å². The van der Waals surface area contributed by atoms with Crippen molar-refractivity contribution in [3.8, 4) is 0 Å². The van der Waals surface area contributed by atoms with E-state index in [1.807, 2.05) is 6.26 Å². The molecule has 16 nitrogen and oxygen atoms in total. The number of aromatic amines is 1. The molecule has 0 aliphatic carbocycles. The van der Waals surface area contributed by atoms with Crippen molar-refractivity contribution >= 4 is 47.4 Å².